The second-order valence-electron chi connectivity index (χ2n) is 11.3. The Morgan fingerprint density at radius 2 is 0.638 bits per heavy atom. The van der Waals surface area contributed by atoms with E-state index in [2.05, 4.69) is 6.92 Å². The fraction of sp³-hybridized carbons (Fsp3) is 1.00. The first-order valence-electron chi connectivity index (χ1n) is 15.1. The quantitative estimate of drug-likeness (QED) is 0.0392. The van der Waals surface area contributed by atoms with Gasteiger partial charge in [-0.05, 0) is 12.1 Å². The third kappa shape index (κ3) is 18.5. The molecule has 286 valence electrons. The largest absolute Gasteiger partial charge is 0.460 e. The van der Waals surface area contributed by atoms with Crippen molar-refractivity contribution in [1.82, 2.24) is 0 Å². The lowest BCUT2D eigenvalue weighted by Gasteiger charge is -2.39. The second-order valence-corrected chi connectivity index (χ2v) is 29.8. The van der Waals surface area contributed by atoms with Crippen LogP contribution in [0.25, 0.3) is 0 Å². The minimum absolute atomic E-state index is 0.829. The summed E-state index contributed by atoms with van der Waals surface area (Å²) in [6, 6.07) is -7.20. The van der Waals surface area contributed by atoms with E-state index in [0.717, 1.165) is 12.5 Å². The summed E-state index contributed by atoms with van der Waals surface area (Å²) in [6.45, 7) is 2.28. The van der Waals surface area contributed by atoms with E-state index >= 15 is 0 Å². The molecule has 0 aromatic rings. The summed E-state index contributed by atoms with van der Waals surface area (Å²) in [5.74, 6) is -37.0. The van der Waals surface area contributed by atoms with Gasteiger partial charge in [0.2, 0.25) is 0 Å². The molecule has 0 radical (unpaired) electrons. The van der Waals surface area contributed by atoms with Gasteiger partial charge < -0.3 is 0 Å². The fourth-order valence-corrected chi connectivity index (χ4v) is 7.43. The van der Waals surface area contributed by atoms with Crippen LogP contribution in [0, 0.1) is 0 Å². The van der Waals surface area contributed by atoms with Crippen LogP contribution in [-0.2, 0) is 0 Å². The molecule has 0 rings (SSSR count). The molecule has 0 heterocycles. The van der Waals surface area contributed by atoms with Gasteiger partial charge in [-0.25, -0.2) is 0 Å². The van der Waals surface area contributed by atoms with Crippen molar-refractivity contribution in [3.63, 3.8) is 0 Å². The van der Waals surface area contributed by atoms with E-state index in [1.54, 1.807) is 0 Å². The summed E-state index contributed by atoms with van der Waals surface area (Å²) in [4.78, 5) is 0. The van der Waals surface area contributed by atoms with E-state index in [1.807, 2.05) is 0 Å². The Balaban J connectivity index is 0. The second kappa shape index (κ2) is 21.7. The molecule has 21 heteroatoms. The van der Waals surface area contributed by atoms with Gasteiger partial charge in [-0.15, -0.1) is 66.5 Å². The third-order valence-electron chi connectivity index (χ3n) is 7.03. The Morgan fingerprint density at radius 3 is 0.915 bits per heavy atom. The summed E-state index contributed by atoms with van der Waals surface area (Å²) in [5.41, 5.74) is 0. The highest BCUT2D eigenvalue weighted by Gasteiger charge is 2.90. The molecule has 0 aliphatic heterocycles. The molecule has 0 aromatic heterocycles. The van der Waals surface area contributed by atoms with Crippen molar-refractivity contribution in [2.24, 2.45) is 0 Å². The van der Waals surface area contributed by atoms with Gasteiger partial charge in [-0.3, -0.25) is 0 Å². The van der Waals surface area contributed by atoms with Crippen LogP contribution in [0.5, 0.6) is 0 Å². The molecule has 0 atom stereocenters. The lowest BCUT2D eigenvalue weighted by Crippen LogP contribution is -2.70. The molecule has 0 aliphatic rings. The summed E-state index contributed by atoms with van der Waals surface area (Å²) in [6.07, 6.45) is 12.2. The number of alkyl halides is 13. The molecular formula is C26H41Cl6F13Si2. The van der Waals surface area contributed by atoms with Crippen molar-refractivity contribution >= 4 is 78.5 Å². The van der Waals surface area contributed by atoms with E-state index in [4.69, 9.17) is 66.5 Å². The van der Waals surface area contributed by atoms with Gasteiger partial charge >= 0.3 is 47.8 Å². The smallest absolute Gasteiger partial charge is 0.200 e. The summed E-state index contributed by atoms with van der Waals surface area (Å²) >= 11 is 32.6. The van der Waals surface area contributed by atoms with Gasteiger partial charge in [0.25, 0.3) is 0 Å². The van der Waals surface area contributed by atoms with E-state index in [-0.39, 0.29) is 0 Å². The molecule has 47 heavy (non-hydrogen) atoms. The van der Waals surface area contributed by atoms with Crippen LogP contribution in [0.4, 0.5) is 57.1 Å². The van der Waals surface area contributed by atoms with Crippen LogP contribution in [-0.4, -0.2) is 47.8 Å². The first-order chi connectivity index (χ1) is 21.0. The predicted octanol–water partition coefficient (Wildman–Crippen LogP) is 15.7. The van der Waals surface area contributed by atoms with Crippen LogP contribution in [0.2, 0.25) is 12.1 Å². The lowest BCUT2D eigenvalue weighted by atomic mass is 9.93. The van der Waals surface area contributed by atoms with Crippen LogP contribution >= 0.6 is 66.5 Å². The molecule has 0 bridgehead atoms. The summed E-state index contributed by atoms with van der Waals surface area (Å²) in [7, 11) is 0. The standard InChI is InChI=1S/C18H37Cl3Si.C8H4Cl3F13Si/c1-2-3-4-5-6-7-8-9-10-11-12-13-14-15-16-17-18-22(19,20)21;9-25(10,11)2-1-3(12,13)4(14,15)5(16,17)6(18,19)7(20,21)8(22,23)24/h2-18H2,1H3;1-2H2. The van der Waals surface area contributed by atoms with Crippen molar-refractivity contribution < 1.29 is 57.1 Å². The molecule has 0 unspecified atom stereocenters. The molecule has 0 nitrogen and oxygen atoms in total. The van der Waals surface area contributed by atoms with Crippen molar-refractivity contribution in [2.45, 2.75) is 164 Å². The average molecular weight is 869 g/mol. The topological polar surface area (TPSA) is 0 Å². The Hall–Kier alpha value is 1.26. The fourth-order valence-electron chi connectivity index (χ4n) is 4.13. The minimum Gasteiger partial charge on any atom is -0.200 e. The first kappa shape index (κ1) is 50.4. The minimum atomic E-state index is -7.91. The molecule has 0 saturated carbocycles. The highest BCUT2D eigenvalue weighted by atomic mass is 35.8. The monoisotopic (exact) mass is 866 g/mol. The van der Waals surface area contributed by atoms with Gasteiger partial charge in [-0.2, -0.15) is 57.1 Å². The zero-order valence-electron chi connectivity index (χ0n) is 25.6. The first-order valence-corrected chi connectivity index (χ1v) is 25.6. The van der Waals surface area contributed by atoms with Gasteiger partial charge in [0.05, 0.1) is 0 Å². The molecule has 0 saturated heterocycles. The van der Waals surface area contributed by atoms with Crippen molar-refractivity contribution in [2.75, 3.05) is 0 Å². The Bertz CT molecular complexity index is 838. The molecule has 0 aromatic carbocycles. The third-order valence-corrected chi connectivity index (χ3v) is 12.2. The number of halogens is 19. The predicted molar refractivity (Wildman–Crippen MR) is 171 cm³/mol. The van der Waals surface area contributed by atoms with Gasteiger partial charge in [0.15, 0.2) is 0 Å². The maximum Gasteiger partial charge on any atom is 0.460 e. The average Bonchev–Trinajstić information content (AvgIpc) is 2.90. The van der Waals surface area contributed by atoms with Crippen molar-refractivity contribution in [1.29, 1.82) is 0 Å². The maximum atomic E-state index is 13.2. The highest BCUT2D eigenvalue weighted by Crippen LogP contribution is 2.61. The normalized spacial score (nSPS) is 14.3. The lowest BCUT2D eigenvalue weighted by molar-refractivity contribution is -0.439. The van der Waals surface area contributed by atoms with Crippen LogP contribution in [0.1, 0.15) is 116 Å². The van der Waals surface area contributed by atoms with Crippen LogP contribution < -0.4 is 0 Å². The van der Waals surface area contributed by atoms with Crippen LogP contribution in [0.15, 0.2) is 0 Å². The SMILES string of the molecule is CCCCCCCCCCCCCCCCCC[Si](Cl)(Cl)Cl.FC(F)(F)C(F)(F)C(F)(F)C(F)(F)C(F)(F)C(F)(F)CC[Si](Cl)(Cl)Cl. The molecular weight excluding hydrogens is 828 g/mol. The number of unbranched alkanes of at least 4 members (excludes halogenated alkanes) is 15. The molecule has 0 fully saturated rings. The number of hydrogen-bond acceptors (Lipinski definition) is 0. The summed E-state index contributed by atoms with van der Waals surface area (Å²) < 4.78 is 165. The summed E-state index contributed by atoms with van der Waals surface area (Å²) in [5, 5.41) is 0. The Kier molecular flexibility index (Phi) is 23.3. The van der Waals surface area contributed by atoms with Crippen molar-refractivity contribution in [3.05, 3.63) is 0 Å². The van der Waals surface area contributed by atoms with Gasteiger partial charge in [0.1, 0.15) is 0 Å². The van der Waals surface area contributed by atoms with Gasteiger partial charge in [-0.1, -0.05) is 110 Å². The molecule has 0 spiro atoms. The van der Waals surface area contributed by atoms with E-state index in [0.29, 0.717) is 0 Å². The zero-order valence-corrected chi connectivity index (χ0v) is 32.2. The van der Waals surface area contributed by atoms with E-state index in [1.165, 1.54) is 96.3 Å². The maximum absolute atomic E-state index is 13.2. The van der Waals surface area contributed by atoms with E-state index in [9.17, 15) is 57.1 Å². The highest BCUT2D eigenvalue weighted by molar-refractivity contribution is 7.65. The zero-order chi connectivity index (χ0) is 37.4. The number of hydrogen-bond donors (Lipinski definition) is 0. The van der Waals surface area contributed by atoms with E-state index < -0.39 is 60.3 Å². The van der Waals surface area contributed by atoms with Crippen molar-refractivity contribution in [3.8, 4) is 0 Å². The Labute approximate surface area is 298 Å². The molecule has 0 amide bonds. The molecule has 0 N–H and O–H groups in total. The Morgan fingerprint density at radius 1 is 0.362 bits per heavy atom. The van der Waals surface area contributed by atoms with Gasteiger partial charge in [0, 0.05) is 6.42 Å². The molecule has 0 aliphatic carbocycles. The van der Waals surface area contributed by atoms with Crippen LogP contribution in [0.3, 0.4) is 0 Å². The number of rotatable bonds is 24.